The molecule has 0 saturated heterocycles. The highest BCUT2D eigenvalue weighted by Gasteiger charge is 2.30. The van der Waals surface area contributed by atoms with E-state index in [0.29, 0.717) is 17.9 Å². The Kier molecular flexibility index (Phi) is 5.60. The van der Waals surface area contributed by atoms with E-state index in [9.17, 15) is 9.59 Å². The number of carbonyl (C=O) groups is 2. The molecule has 0 spiro atoms. The van der Waals surface area contributed by atoms with Gasteiger partial charge in [-0.25, -0.2) is 0 Å². The molecule has 0 aliphatic heterocycles. The Balaban J connectivity index is 2.58. The SMILES string of the molecule is CCOC(=O)C(C)(C)CSC(=O)c1ccc(C)cc1. The molecule has 0 unspecified atom stereocenters. The minimum atomic E-state index is -0.652. The van der Waals surface area contributed by atoms with E-state index in [1.54, 1.807) is 20.8 Å². The van der Waals surface area contributed by atoms with Crippen LogP contribution in [0.3, 0.4) is 0 Å². The Bertz CT molecular complexity index is 449. The van der Waals surface area contributed by atoms with Crippen molar-refractivity contribution in [3.8, 4) is 0 Å². The van der Waals surface area contributed by atoms with E-state index in [4.69, 9.17) is 4.74 Å². The van der Waals surface area contributed by atoms with Crippen molar-refractivity contribution in [1.29, 1.82) is 0 Å². The van der Waals surface area contributed by atoms with Crippen LogP contribution in [-0.2, 0) is 9.53 Å². The summed E-state index contributed by atoms with van der Waals surface area (Å²) in [5, 5.41) is -0.0163. The summed E-state index contributed by atoms with van der Waals surface area (Å²) in [5.74, 6) is 0.151. The number of carbonyl (C=O) groups excluding carboxylic acids is 2. The van der Waals surface area contributed by atoms with Gasteiger partial charge in [0.05, 0.1) is 12.0 Å². The number of ether oxygens (including phenoxy) is 1. The fraction of sp³-hybridized carbons (Fsp3) is 0.467. The largest absolute Gasteiger partial charge is 0.466 e. The maximum atomic E-state index is 12.0. The predicted molar refractivity (Wildman–Crippen MR) is 78.4 cm³/mol. The highest BCUT2D eigenvalue weighted by molar-refractivity contribution is 8.14. The van der Waals surface area contributed by atoms with Crippen LogP contribution in [-0.4, -0.2) is 23.4 Å². The molecule has 1 aromatic carbocycles. The summed E-state index contributed by atoms with van der Waals surface area (Å²) in [5.41, 5.74) is 1.13. The lowest BCUT2D eigenvalue weighted by Crippen LogP contribution is -2.29. The summed E-state index contributed by atoms with van der Waals surface area (Å²) in [7, 11) is 0. The van der Waals surface area contributed by atoms with Crippen LogP contribution in [0.1, 0.15) is 36.7 Å². The molecule has 0 aliphatic rings. The van der Waals surface area contributed by atoms with Crippen molar-refractivity contribution in [3.05, 3.63) is 35.4 Å². The molecule has 0 bridgehead atoms. The molecule has 0 fully saturated rings. The second kappa shape index (κ2) is 6.75. The maximum absolute atomic E-state index is 12.0. The van der Waals surface area contributed by atoms with Crippen LogP contribution in [0.25, 0.3) is 0 Å². The van der Waals surface area contributed by atoms with E-state index >= 15 is 0 Å². The molecule has 0 N–H and O–H groups in total. The lowest BCUT2D eigenvalue weighted by atomic mass is 9.97. The Morgan fingerprint density at radius 2 is 1.79 bits per heavy atom. The summed E-state index contributed by atoms with van der Waals surface area (Å²) in [6.07, 6.45) is 0. The van der Waals surface area contributed by atoms with E-state index < -0.39 is 5.41 Å². The van der Waals surface area contributed by atoms with Crippen molar-refractivity contribution < 1.29 is 14.3 Å². The van der Waals surface area contributed by atoms with Crippen molar-refractivity contribution in [2.75, 3.05) is 12.4 Å². The normalized spacial score (nSPS) is 11.2. The first kappa shape index (κ1) is 15.8. The number of benzene rings is 1. The zero-order chi connectivity index (χ0) is 14.5. The third kappa shape index (κ3) is 4.71. The standard InChI is InChI=1S/C15H20O3S/c1-5-18-14(17)15(3,4)10-19-13(16)12-8-6-11(2)7-9-12/h6-9H,5,10H2,1-4H3. The van der Waals surface area contributed by atoms with Gasteiger partial charge in [0.25, 0.3) is 0 Å². The molecule has 0 amide bonds. The fourth-order valence-electron chi connectivity index (χ4n) is 1.40. The highest BCUT2D eigenvalue weighted by Crippen LogP contribution is 2.26. The fourth-order valence-corrected chi connectivity index (χ4v) is 2.32. The molecule has 1 aromatic rings. The smallest absolute Gasteiger partial charge is 0.312 e. The molecule has 0 aliphatic carbocycles. The zero-order valence-electron chi connectivity index (χ0n) is 11.9. The molecule has 0 atom stereocenters. The van der Waals surface area contributed by atoms with Crippen molar-refractivity contribution in [2.24, 2.45) is 5.41 Å². The van der Waals surface area contributed by atoms with E-state index in [2.05, 4.69) is 0 Å². The van der Waals surface area contributed by atoms with Crippen molar-refractivity contribution in [2.45, 2.75) is 27.7 Å². The molecule has 1 rings (SSSR count). The Morgan fingerprint density at radius 3 is 2.32 bits per heavy atom. The van der Waals surface area contributed by atoms with Crippen LogP contribution in [0.4, 0.5) is 0 Å². The Labute approximate surface area is 118 Å². The summed E-state index contributed by atoms with van der Waals surface area (Å²) < 4.78 is 5.00. The molecule has 0 saturated carbocycles. The zero-order valence-corrected chi connectivity index (χ0v) is 12.7. The molecule has 0 aromatic heterocycles. The van der Waals surface area contributed by atoms with Crippen molar-refractivity contribution in [1.82, 2.24) is 0 Å². The molecule has 3 nitrogen and oxygen atoms in total. The lowest BCUT2D eigenvalue weighted by Gasteiger charge is -2.21. The first-order valence-corrected chi connectivity index (χ1v) is 7.26. The molecule has 4 heteroatoms. The van der Waals surface area contributed by atoms with Gasteiger partial charge in [-0.3, -0.25) is 9.59 Å². The van der Waals surface area contributed by atoms with Crippen LogP contribution in [0.2, 0.25) is 0 Å². The number of hydrogen-bond donors (Lipinski definition) is 0. The monoisotopic (exact) mass is 280 g/mol. The van der Waals surface area contributed by atoms with Crippen molar-refractivity contribution >= 4 is 22.8 Å². The van der Waals surface area contributed by atoms with Gasteiger partial charge in [0.1, 0.15) is 0 Å². The molecule has 0 heterocycles. The van der Waals surface area contributed by atoms with Gasteiger partial charge in [-0.1, -0.05) is 41.6 Å². The van der Waals surface area contributed by atoms with Crippen LogP contribution < -0.4 is 0 Å². The number of rotatable bonds is 5. The topological polar surface area (TPSA) is 43.4 Å². The predicted octanol–water partition coefficient (Wildman–Crippen LogP) is 3.46. The Morgan fingerprint density at radius 1 is 1.21 bits per heavy atom. The Hall–Kier alpha value is -1.29. The average molecular weight is 280 g/mol. The van der Waals surface area contributed by atoms with E-state index in [0.717, 1.165) is 17.3 Å². The maximum Gasteiger partial charge on any atom is 0.312 e. The van der Waals surface area contributed by atoms with Crippen LogP contribution in [0, 0.1) is 12.3 Å². The first-order chi connectivity index (χ1) is 8.86. The van der Waals surface area contributed by atoms with E-state index in [1.165, 1.54) is 0 Å². The van der Waals surface area contributed by atoms with Gasteiger partial charge < -0.3 is 4.74 Å². The third-order valence-electron chi connectivity index (χ3n) is 2.68. The van der Waals surface area contributed by atoms with Gasteiger partial charge in [0.15, 0.2) is 0 Å². The van der Waals surface area contributed by atoms with E-state index in [1.807, 2.05) is 31.2 Å². The lowest BCUT2D eigenvalue weighted by molar-refractivity contribution is -0.152. The van der Waals surface area contributed by atoms with Gasteiger partial charge in [0, 0.05) is 11.3 Å². The number of hydrogen-bond acceptors (Lipinski definition) is 4. The third-order valence-corrected chi connectivity index (χ3v) is 4.04. The number of thioether (sulfide) groups is 1. The second-order valence-corrected chi connectivity index (χ2v) is 5.99. The summed E-state index contributed by atoms with van der Waals surface area (Å²) in [4.78, 5) is 23.7. The quantitative estimate of drug-likeness (QED) is 0.775. The van der Waals surface area contributed by atoms with Gasteiger partial charge in [-0.15, -0.1) is 0 Å². The molecule has 104 valence electrons. The van der Waals surface area contributed by atoms with Crippen LogP contribution >= 0.6 is 11.8 Å². The first-order valence-electron chi connectivity index (χ1n) is 6.28. The molecular formula is C15H20O3S. The highest BCUT2D eigenvalue weighted by atomic mass is 32.2. The number of esters is 1. The van der Waals surface area contributed by atoms with Gasteiger partial charge in [0.2, 0.25) is 5.12 Å². The minimum Gasteiger partial charge on any atom is -0.466 e. The number of aryl methyl sites for hydroxylation is 1. The summed E-state index contributed by atoms with van der Waals surface area (Å²) in [6, 6.07) is 7.43. The van der Waals surface area contributed by atoms with Crippen molar-refractivity contribution in [3.63, 3.8) is 0 Å². The van der Waals surface area contributed by atoms with Gasteiger partial charge >= 0.3 is 5.97 Å². The van der Waals surface area contributed by atoms with E-state index in [-0.39, 0.29) is 11.1 Å². The van der Waals surface area contributed by atoms with Crippen LogP contribution in [0.15, 0.2) is 24.3 Å². The molecule has 19 heavy (non-hydrogen) atoms. The average Bonchev–Trinajstić information content (AvgIpc) is 2.37. The van der Waals surface area contributed by atoms with Gasteiger partial charge in [-0.2, -0.15) is 0 Å². The summed E-state index contributed by atoms with van der Waals surface area (Å²) >= 11 is 1.16. The minimum absolute atomic E-state index is 0.0163. The second-order valence-electron chi connectivity index (χ2n) is 5.05. The summed E-state index contributed by atoms with van der Waals surface area (Å²) in [6.45, 7) is 7.70. The van der Waals surface area contributed by atoms with Gasteiger partial charge in [-0.05, 0) is 27.7 Å². The molecule has 0 radical (unpaired) electrons. The van der Waals surface area contributed by atoms with Crippen LogP contribution in [0.5, 0.6) is 0 Å². The molecular weight excluding hydrogens is 260 g/mol.